The highest BCUT2D eigenvalue weighted by molar-refractivity contribution is 5.89. The first kappa shape index (κ1) is 13.7. The van der Waals surface area contributed by atoms with E-state index in [4.69, 9.17) is 9.84 Å². The summed E-state index contributed by atoms with van der Waals surface area (Å²) >= 11 is 0. The first-order valence-corrected chi connectivity index (χ1v) is 5.34. The summed E-state index contributed by atoms with van der Waals surface area (Å²) in [5.41, 5.74) is 0.0641. The molecular weight excluding hydrogens is 236 g/mol. The van der Waals surface area contributed by atoms with Gasteiger partial charge in [-0.15, -0.1) is 0 Å². The molecule has 6 nitrogen and oxygen atoms in total. The molecule has 0 aliphatic heterocycles. The summed E-state index contributed by atoms with van der Waals surface area (Å²) in [5, 5.41) is 8.74. The normalized spacial score (nSPS) is 9.61. The molecule has 6 heteroatoms. The standard InChI is InChI=1S/C12H14N2O4/c1-3-7-18-12(17)14(4-2)10-6-5-9(8-13-10)11(15)16/h3,5-6,8H,1,4,7H2,2H3,(H,15,16). The lowest BCUT2D eigenvalue weighted by molar-refractivity contribution is 0.0696. The van der Waals surface area contributed by atoms with E-state index < -0.39 is 12.1 Å². The molecule has 1 aromatic rings. The van der Waals surface area contributed by atoms with Crippen LogP contribution in [0.5, 0.6) is 0 Å². The number of ether oxygens (including phenoxy) is 1. The number of carboxylic acids is 1. The molecule has 0 aliphatic carbocycles. The van der Waals surface area contributed by atoms with E-state index in [0.717, 1.165) is 0 Å². The Morgan fingerprint density at radius 3 is 2.72 bits per heavy atom. The van der Waals surface area contributed by atoms with Gasteiger partial charge in [0.15, 0.2) is 0 Å². The third kappa shape index (κ3) is 3.31. The molecule has 0 spiro atoms. The molecule has 0 radical (unpaired) electrons. The van der Waals surface area contributed by atoms with Crippen LogP contribution in [0.25, 0.3) is 0 Å². The van der Waals surface area contributed by atoms with Gasteiger partial charge in [0, 0.05) is 12.7 Å². The van der Waals surface area contributed by atoms with Crippen molar-refractivity contribution < 1.29 is 19.4 Å². The van der Waals surface area contributed by atoms with Gasteiger partial charge in [-0.3, -0.25) is 4.90 Å². The number of nitrogens with zero attached hydrogens (tertiary/aromatic N) is 2. The maximum Gasteiger partial charge on any atom is 0.415 e. The van der Waals surface area contributed by atoms with Gasteiger partial charge in [-0.1, -0.05) is 12.7 Å². The van der Waals surface area contributed by atoms with E-state index in [0.29, 0.717) is 12.4 Å². The van der Waals surface area contributed by atoms with Crippen molar-refractivity contribution in [1.82, 2.24) is 4.98 Å². The largest absolute Gasteiger partial charge is 0.478 e. The Bertz CT molecular complexity index is 442. The van der Waals surface area contributed by atoms with Gasteiger partial charge < -0.3 is 9.84 Å². The Morgan fingerprint density at radius 1 is 1.56 bits per heavy atom. The van der Waals surface area contributed by atoms with Crippen LogP contribution in [0.2, 0.25) is 0 Å². The van der Waals surface area contributed by atoms with E-state index >= 15 is 0 Å². The van der Waals surface area contributed by atoms with Gasteiger partial charge in [0.05, 0.1) is 5.56 Å². The molecule has 0 saturated heterocycles. The summed E-state index contributed by atoms with van der Waals surface area (Å²) in [6.45, 7) is 5.69. The third-order valence-corrected chi connectivity index (χ3v) is 2.13. The molecule has 0 saturated carbocycles. The lowest BCUT2D eigenvalue weighted by Gasteiger charge is -2.18. The molecular formula is C12H14N2O4. The van der Waals surface area contributed by atoms with Gasteiger partial charge in [-0.05, 0) is 19.1 Å². The predicted octanol–water partition coefficient (Wildman–Crippen LogP) is 1.93. The average molecular weight is 250 g/mol. The number of rotatable bonds is 5. The number of carbonyl (C=O) groups excluding carboxylic acids is 1. The Kier molecular flexibility index (Phi) is 4.86. The number of hydrogen-bond donors (Lipinski definition) is 1. The van der Waals surface area contributed by atoms with Crippen LogP contribution < -0.4 is 4.90 Å². The van der Waals surface area contributed by atoms with Gasteiger partial charge in [0.25, 0.3) is 0 Å². The minimum absolute atomic E-state index is 0.0641. The molecule has 0 bridgehead atoms. The fourth-order valence-electron chi connectivity index (χ4n) is 1.26. The zero-order chi connectivity index (χ0) is 13.5. The topological polar surface area (TPSA) is 79.7 Å². The van der Waals surface area contributed by atoms with Crippen LogP contribution in [0.3, 0.4) is 0 Å². The molecule has 0 unspecified atom stereocenters. The van der Waals surface area contributed by atoms with Crippen LogP contribution in [0.15, 0.2) is 31.0 Å². The molecule has 0 fully saturated rings. The third-order valence-electron chi connectivity index (χ3n) is 2.13. The van der Waals surface area contributed by atoms with Gasteiger partial charge in [-0.25, -0.2) is 14.6 Å². The summed E-state index contributed by atoms with van der Waals surface area (Å²) in [6, 6.07) is 2.84. The van der Waals surface area contributed by atoms with Crippen LogP contribution in [-0.4, -0.2) is 35.3 Å². The Morgan fingerprint density at radius 2 is 2.28 bits per heavy atom. The molecule has 1 heterocycles. The van der Waals surface area contributed by atoms with Crippen LogP contribution in [0, 0.1) is 0 Å². The van der Waals surface area contributed by atoms with Crippen LogP contribution in [0.4, 0.5) is 10.6 Å². The lowest BCUT2D eigenvalue weighted by Crippen LogP contribution is -2.32. The number of aromatic nitrogens is 1. The number of carbonyl (C=O) groups is 2. The minimum Gasteiger partial charge on any atom is -0.478 e. The summed E-state index contributed by atoms with van der Waals surface area (Å²) < 4.78 is 4.89. The highest BCUT2D eigenvalue weighted by Crippen LogP contribution is 2.12. The summed E-state index contributed by atoms with van der Waals surface area (Å²) in [4.78, 5) is 27.5. The van der Waals surface area contributed by atoms with Gasteiger partial charge in [-0.2, -0.15) is 0 Å². The summed E-state index contributed by atoms with van der Waals surface area (Å²) in [5.74, 6) is -0.720. The number of aromatic carboxylic acids is 1. The number of amides is 1. The van der Waals surface area contributed by atoms with Crippen LogP contribution in [-0.2, 0) is 4.74 Å². The first-order chi connectivity index (χ1) is 8.60. The molecule has 1 rings (SSSR count). The fourth-order valence-corrected chi connectivity index (χ4v) is 1.26. The Hall–Kier alpha value is -2.37. The van der Waals surface area contributed by atoms with E-state index in [-0.39, 0.29) is 12.2 Å². The van der Waals surface area contributed by atoms with Crippen LogP contribution in [0.1, 0.15) is 17.3 Å². The quantitative estimate of drug-likeness (QED) is 0.807. The number of hydrogen-bond acceptors (Lipinski definition) is 4. The van der Waals surface area contributed by atoms with Gasteiger partial charge in [0.1, 0.15) is 12.4 Å². The number of anilines is 1. The van der Waals surface area contributed by atoms with Gasteiger partial charge >= 0.3 is 12.1 Å². The fraction of sp³-hybridized carbons (Fsp3) is 0.250. The smallest absolute Gasteiger partial charge is 0.415 e. The molecule has 18 heavy (non-hydrogen) atoms. The van der Waals surface area contributed by atoms with E-state index in [1.807, 2.05) is 0 Å². The minimum atomic E-state index is -1.06. The molecule has 96 valence electrons. The van der Waals surface area contributed by atoms with Crippen molar-refractivity contribution >= 4 is 17.9 Å². The second-order valence-corrected chi connectivity index (χ2v) is 3.32. The second-order valence-electron chi connectivity index (χ2n) is 3.32. The lowest BCUT2D eigenvalue weighted by atomic mass is 10.3. The number of pyridine rings is 1. The van der Waals surface area contributed by atoms with Gasteiger partial charge in [0.2, 0.25) is 0 Å². The highest BCUT2D eigenvalue weighted by Gasteiger charge is 2.16. The molecule has 1 N–H and O–H groups in total. The van der Waals surface area contributed by atoms with E-state index in [2.05, 4.69) is 11.6 Å². The van der Waals surface area contributed by atoms with Crippen molar-refractivity contribution in [3.05, 3.63) is 36.5 Å². The first-order valence-electron chi connectivity index (χ1n) is 5.34. The maximum atomic E-state index is 11.7. The maximum absolute atomic E-state index is 11.7. The molecule has 1 aromatic heterocycles. The molecule has 0 atom stereocenters. The molecule has 1 amide bonds. The summed E-state index contributed by atoms with van der Waals surface area (Å²) in [7, 11) is 0. The van der Waals surface area contributed by atoms with E-state index in [9.17, 15) is 9.59 Å². The average Bonchev–Trinajstić information content (AvgIpc) is 2.37. The number of carboxylic acid groups (broad SMARTS) is 1. The van der Waals surface area contributed by atoms with E-state index in [1.165, 1.54) is 29.3 Å². The van der Waals surface area contributed by atoms with Crippen molar-refractivity contribution in [2.75, 3.05) is 18.1 Å². The van der Waals surface area contributed by atoms with Crippen molar-refractivity contribution in [1.29, 1.82) is 0 Å². The Labute approximate surface area is 105 Å². The Balaban J connectivity index is 2.84. The monoisotopic (exact) mass is 250 g/mol. The molecule has 0 aromatic carbocycles. The van der Waals surface area contributed by atoms with E-state index in [1.54, 1.807) is 6.92 Å². The van der Waals surface area contributed by atoms with Crippen molar-refractivity contribution in [2.45, 2.75) is 6.92 Å². The molecule has 0 aliphatic rings. The zero-order valence-corrected chi connectivity index (χ0v) is 10.00. The predicted molar refractivity (Wildman–Crippen MR) is 65.8 cm³/mol. The second kappa shape index (κ2) is 6.39. The van der Waals surface area contributed by atoms with Crippen molar-refractivity contribution in [3.63, 3.8) is 0 Å². The zero-order valence-electron chi connectivity index (χ0n) is 10.00. The highest BCUT2D eigenvalue weighted by atomic mass is 16.6. The van der Waals surface area contributed by atoms with Crippen LogP contribution >= 0.6 is 0 Å². The van der Waals surface area contributed by atoms with Crippen molar-refractivity contribution in [3.8, 4) is 0 Å². The summed E-state index contributed by atoms with van der Waals surface area (Å²) in [6.07, 6.45) is 2.11. The van der Waals surface area contributed by atoms with Crippen molar-refractivity contribution in [2.24, 2.45) is 0 Å². The SMILES string of the molecule is C=CCOC(=O)N(CC)c1ccc(C(=O)O)cn1.